The van der Waals surface area contributed by atoms with Crippen LogP contribution in [0.15, 0.2) is 18.2 Å². The van der Waals surface area contributed by atoms with Gasteiger partial charge in [0.15, 0.2) is 0 Å². The van der Waals surface area contributed by atoms with Gasteiger partial charge in [0.05, 0.1) is 13.7 Å². The van der Waals surface area contributed by atoms with E-state index in [-0.39, 0.29) is 6.54 Å². The molecule has 0 amide bonds. The van der Waals surface area contributed by atoms with Crippen LogP contribution in [-0.2, 0) is 6.54 Å². The number of rotatable bonds is 3. The van der Waals surface area contributed by atoms with Crippen molar-refractivity contribution in [3.05, 3.63) is 29.6 Å². The quantitative estimate of drug-likeness (QED) is 0.674. The highest BCUT2D eigenvalue weighted by atomic mass is 19.1. The lowest BCUT2D eigenvalue weighted by atomic mass is 10.2. The normalized spacial score (nSPS) is 9.92. The van der Waals surface area contributed by atoms with E-state index < -0.39 is 5.82 Å². The van der Waals surface area contributed by atoms with Gasteiger partial charge in [0.25, 0.3) is 0 Å². The first-order valence-corrected chi connectivity index (χ1v) is 3.48. The molecule has 0 aliphatic carbocycles. The van der Waals surface area contributed by atoms with E-state index in [2.05, 4.69) is 0 Å². The zero-order valence-electron chi connectivity index (χ0n) is 6.67. The Kier molecular flexibility index (Phi) is 3.01. The highest BCUT2D eigenvalue weighted by molar-refractivity contribution is 5.34. The summed E-state index contributed by atoms with van der Waals surface area (Å²) in [5.74, 6) is 0.0347. The van der Waals surface area contributed by atoms with Crippen LogP contribution < -0.4 is 10.2 Å². The maximum atomic E-state index is 13.0. The Hall–Kier alpha value is -1.13. The third kappa shape index (κ3) is 1.72. The summed E-state index contributed by atoms with van der Waals surface area (Å²) in [5.41, 5.74) is 2.20. The Morgan fingerprint density at radius 3 is 2.92 bits per heavy atom. The predicted molar refractivity (Wildman–Crippen MR) is 41.6 cm³/mol. The molecule has 0 saturated carbocycles. The van der Waals surface area contributed by atoms with Gasteiger partial charge in [0, 0.05) is 5.56 Å². The van der Waals surface area contributed by atoms with Crippen LogP contribution in [0.5, 0.6) is 5.75 Å². The minimum atomic E-state index is -0.393. The number of benzene rings is 1. The van der Waals surface area contributed by atoms with Gasteiger partial charge in [-0.2, -0.15) is 0 Å². The lowest BCUT2D eigenvalue weighted by molar-refractivity contribution is 0.158. The van der Waals surface area contributed by atoms with Gasteiger partial charge in [-0.3, -0.25) is 0 Å². The molecule has 0 aliphatic heterocycles. The highest BCUT2D eigenvalue weighted by Crippen LogP contribution is 2.20. The molecule has 1 rings (SSSR count). The molecule has 4 heteroatoms. The maximum absolute atomic E-state index is 13.0. The SMILES string of the molecule is COc1cccc(F)c1CNO. The average molecular weight is 171 g/mol. The van der Waals surface area contributed by atoms with E-state index in [1.54, 1.807) is 12.1 Å². The maximum Gasteiger partial charge on any atom is 0.131 e. The molecule has 1 aromatic rings. The molecule has 0 aliphatic rings. The van der Waals surface area contributed by atoms with Gasteiger partial charge in [0.2, 0.25) is 0 Å². The zero-order chi connectivity index (χ0) is 8.97. The van der Waals surface area contributed by atoms with Crippen LogP contribution in [-0.4, -0.2) is 12.3 Å². The van der Waals surface area contributed by atoms with Crippen molar-refractivity contribution >= 4 is 0 Å². The summed E-state index contributed by atoms with van der Waals surface area (Å²) in [4.78, 5) is 0. The number of hydrogen-bond acceptors (Lipinski definition) is 3. The van der Waals surface area contributed by atoms with Crippen molar-refractivity contribution in [1.82, 2.24) is 5.48 Å². The van der Waals surface area contributed by atoms with E-state index in [1.165, 1.54) is 13.2 Å². The number of halogens is 1. The molecular weight excluding hydrogens is 161 g/mol. The van der Waals surface area contributed by atoms with E-state index in [4.69, 9.17) is 9.94 Å². The van der Waals surface area contributed by atoms with Crippen LogP contribution in [0.4, 0.5) is 4.39 Å². The van der Waals surface area contributed by atoms with E-state index in [0.29, 0.717) is 11.3 Å². The van der Waals surface area contributed by atoms with Gasteiger partial charge >= 0.3 is 0 Å². The molecule has 3 nitrogen and oxygen atoms in total. The van der Waals surface area contributed by atoms with Gasteiger partial charge in [-0.25, -0.2) is 9.87 Å². The monoisotopic (exact) mass is 171 g/mol. The molecule has 0 aromatic heterocycles. The Labute approximate surface area is 69.7 Å². The Bertz CT molecular complexity index is 265. The van der Waals surface area contributed by atoms with Gasteiger partial charge in [0.1, 0.15) is 11.6 Å². The summed E-state index contributed by atoms with van der Waals surface area (Å²) in [6.07, 6.45) is 0. The molecule has 0 fully saturated rings. The molecule has 0 radical (unpaired) electrons. The minimum absolute atomic E-state index is 0.0375. The van der Waals surface area contributed by atoms with Crippen molar-refractivity contribution in [3.63, 3.8) is 0 Å². The largest absolute Gasteiger partial charge is 0.496 e. The molecule has 66 valence electrons. The third-order valence-corrected chi connectivity index (χ3v) is 1.55. The molecule has 0 spiro atoms. The molecule has 0 bridgehead atoms. The number of ether oxygens (including phenoxy) is 1. The molecule has 2 N–H and O–H groups in total. The van der Waals surface area contributed by atoms with Crippen molar-refractivity contribution in [2.24, 2.45) is 0 Å². The van der Waals surface area contributed by atoms with Crippen molar-refractivity contribution in [3.8, 4) is 5.75 Å². The van der Waals surface area contributed by atoms with Gasteiger partial charge in [-0.05, 0) is 12.1 Å². The standard InChI is InChI=1S/C8H10FNO2/c1-12-8-4-2-3-7(9)6(8)5-10-11/h2-4,10-11H,5H2,1H3. The summed E-state index contributed by atoms with van der Waals surface area (Å²) in [7, 11) is 1.45. The second-order valence-corrected chi connectivity index (χ2v) is 2.26. The first-order chi connectivity index (χ1) is 5.79. The van der Waals surface area contributed by atoms with Gasteiger partial charge < -0.3 is 9.94 Å². The zero-order valence-corrected chi connectivity index (χ0v) is 6.67. The second-order valence-electron chi connectivity index (χ2n) is 2.26. The smallest absolute Gasteiger partial charge is 0.131 e. The van der Waals surface area contributed by atoms with Crippen molar-refractivity contribution in [2.75, 3.05) is 7.11 Å². The fraction of sp³-hybridized carbons (Fsp3) is 0.250. The van der Waals surface area contributed by atoms with E-state index in [1.807, 2.05) is 5.48 Å². The fourth-order valence-corrected chi connectivity index (χ4v) is 0.981. The summed E-state index contributed by atoms with van der Waals surface area (Å²) >= 11 is 0. The predicted octanol–water partition coefficient (Wildman–Crippen LogP) is 1.31. The number of methoxy groups -OCH3 is 1. The topological polar surface area (TPSA) is 41.5 Å². The van der Waals surface area contributed by atoms with Crippen molar-refractivity contribution in [1.29, 1.82) is 0 Å². The first kappa shape index (κ1) is 8.96. The van der Waals surface area contributed by atoms with Gasteiger partial charge in [-0.15, -0.1) is 0 Å². The van der Waals surface area contributed by atoms with Crippen LogP contribution in [0, 0.1) is 5.82 Å². The second kappa shape index (κ2) is 4.04. The number of nitrogens with one attached hydrogen (secondary N) is 1. The number of hydrogen-bond donors (Lipinski definition) is 2. The highest BCUT2D eigenvalue weighted by Gasteiger charge is 2.06. The Balaban J connectivity index is 3.02. The number of hydroxylamine groups is 1. The Morgan fingerprint density at radius 1 is 1.58 bits per heavy atom. The van der Waals surface area contributed by atoms with Crippen molar-refractivity contribution < 1.29 is 14.3 Å². The van der Waals surface area contributed by atoms with Crippen LogP contribution >= 0.6 is 0 Å². The molecule has 1 aromatic carbocycles. The van der Waals surface area contributed by atoms with Gasteiger partial charge in [-0.1, -0.05) is 6.07 Å². The van der Waals surface area contributed by atoms with E-state index in [0.717, 1.165) is 0 Å². The third-order valence-electron chi connectivity index (χ3n) is 1.55. The molecule has 0 heterocycles. The summed E-state index contributed by atoms with van der Waals surface area (Å²) in [6, 6.07) is 4.50. The van der Waals surface area contributed by atoms with E-state index >= 15 is 0 Å². The molecule has 0 unspecified atom stereocenters. The molecule has 0 atom stereocenters. The van der Waals surface area contributed by atoms with Crippen LogP contribution in [0.25, 0.3) is 0 Å². The molecular formula is C8H10FNO2. The molecule has 0 saturated heterocycles. The average Bonchev–Trinajstić information content (AvgIpc) is 2.09. The van der Waals surface area contributed by atoms with Crippen LogP contribution in [0.2, 0.25) is 0 Å². The van der Waals surface area contributed by atoms with Crippen LogP contribution in [0.3, 0.4) is 0 Å². The summed E-state index contributed by atoms with van der Waals surface area (Å²) < 4.78 is 17.9. The molecule has 12 heavy (non-hydrogen) atoms. The Morgan fingerprint density at radius 2 is 2.33 bits per heavy atom. The summed E-state index contributed by atoms with van der Waals surface area (Å²) in [6.45, 7) is 0.0375. The van der Waals surface area contributed by atoms with E-state index in [9.17, 15) is 4.39 Å². The van der Waals surface area contributed by atoms with Crippen LogP contribution in [0.1, 0.15) is 5.56 Å². The fourth-order valence-electron chi connectivity index (χ4n) is 0.981. The van der Waals surface area contributed by atoms with Crippen molar-refractivity contribution in [2.45, 2.75) is 6.54 Å². The minimum Gasteiger partial charge on any atom is -0.496 e. The first-order valence-electron chi connectivity index (χ1n) is 3.48. The summed E-state index contributed by atoms with van der Waals surface area (Å²) in [5, 5.41) is 8.39. The lowest BCUT2D eigenvalue weighted by Crippen LogP contribution is -2.09. The lowest BCUT2D eigenvalue weighted by Gasteiger charge is -2.07.